The fourth-order valence-corrected chi connectivity index (χ4v) is 2.44. The van der Waals surface area contributed by atoms with Gasteiger partial charge >= 0.3 is 0 Å². The minimum atomic E-state index is 0.898. The van der Waals surface area contributed by atoms with Gasteiger partial charge in [-0.3, -0.25) is 0 Å². The van der Waals surface area contributed by atoms with E-state index in [1.165, 1.54) is 16.3 Å². The first-order valence-corrected chi connectivity index (χ1v) is 6.38. The Morgan fingerprint density at radius 3 is 2.75 bits per heavy atom. The van der Waals surface area contributed by atoms with Crippen molar-refractivity contribution < 1.29 is 0 Å². The molecule has 0 aliphatic carbocycles. The van der Waals surface area contributed by atoms with Crippen molar-refractivity contribution in [2.45, 2.75) is 12.7 Å². The Balaban J connectivity index is 2.30. The first-order chi connectivity index (χ1) is 7.81. The molecule has 0 radical (unpaired) electrons. The maximum absolute atomic E-state index is 5.40. The number of thioether (sulfide) groups is 1. The van der Waals surface area contributed by atoms with Crippen LogP contribution < -0.4 is 0 Å². The van der Waals surface area contributed by atoms with Gasteiger partial charge in [0.25, 0.3) is 0 Å². The van der Waals surface area contributed by atoms with Crippen LogP contribution in [0.2, 0.25) is 0 Å². The molecule has 0 aliphatic rings. The van der Waals surface area contributed by atoms with Crippen LogP contribution in [0.15, 0.2) is 47.0 Å². The lowest BCUT2D eigenvalue weighted by atomic mass is 10.1. The van der Waals surface area contributed by atoms with Gasteiger partial charge < -0.3 is 0 Å². The van der Waals surface area contributed by atoms with E-state index in [-0.39, 0.29) is 0 Å². The third kappa shape index (κ3) is 2.57. The molecule has 2 aromatic carbocycles. The summed E-state index contributed by atoms with van der Waals surface area (Å²) < 4.78 is 3.64. The smallest absolute Gasteiger partial charge is 0.0851 e. The van der Waals surface area contributed by atoms with Crippen molar-refractivity contribution >= 4 is 39.4 Å². The summed E-state index contributed by atoms with van der Waals surface area (Å²) in [5.74, 6) is 0.906. The van der Waals surface area contributed by atoms with E-state index in [0.717, 1.165) is 10.8 Å². The summed E-state index contributed by atoms with van der Waals surface area (Å²) in [6.45, 7) is 1.92. The predicted octanol–water partition coefficient (Wildman–Crippen LogP) is 4.65. The fraction of sp³-hybridized carbons (Fsp3) is 0.154. The molecule has 0 heterocycles. The molecule has 0 atom stereocenters. The van der Waals surface area contributed by atoms with Crippen LogP contribution in [-0.2, 0) is 5.75 Å². The Hall–Kier alpha value is -0.990. The molecule has 82 valence electrons. The highest BCUT2D eigenvalue weighted by Crippen LogP contribution is 2.23. The summed E-state index contributed by atoms with van der Waals surface area (Å²) in [6.07, 6.45) is 0. The molecule has 2 aromatic rings. The van der Waals surface area contributed by atoms with Gasteiger partial charge in [-0.2, -0.15) is 4.51 Å². The highest BCUT2D eigenvalue weighted by atomic mass is 35.5. The molecule has 16 heavy (non-hydrogen) atoms. The Morgan fingerprint density at radius 2 is 1.94 bits per heavy atom. The van der Waals surface area contributed by atoms with E-state index < -0.39 is 0 Å². The molecule has 0 bridgehead atoms. The van der Waals surface area contributed by atoms with Crippen molar-refractivity contribution in [3.05, 3.63) is 48.0 Å². The third-order valence-corrected chi connectivity index (χ3v) is 3.75. The maximum atomic E-state index is 5.40. The van der Waals surface area contributed by atoms with E-state index in [4.69, 9.17) is 11.8 Å². The lowest BCUT2D eigenvalue weighted by molar-refractivity contribution is 1.47. The molecular formula is C13H12ClNS. The van der Waals surface area contributed by atoms with Crippen LogP contribution in [0.3, 0.4) is 0 Å². The first-order valence-electron chi connectivity index (χ1n) is 5.06. The summed E-state index contributed by atoms with van der Waals surface area (Å²) in [4.78, 5) is 0. The Kier molecular flexibility index (Phi) is 3.86. The minimum Gasteiger partial charge on any atom is -0.176 e. The summed E-state index contributed by atoms with van der Waals surface area (Å²) in [5, 5.41) is 3.48. The lowest BCUT2D eigenvalue weighted by Crippen LogP contribution is -1.87. The molecule has 0 spiro atoms. The van der Waals surface area contributed by atoms with Crippen molar-refractivity contribution in [2.75, 3.05) is 0 Å². The van der Waals surface area contributed by atoms with E-state index in [1.807, 2.05) is 6.92 Å². The van der Waals surface area contributed by atoms with Gasteiger partial charge in [0.2, 0.25) is 0 Å². The molecule has 0 N–H and O–H groups in total. The van der Waals surface area contributed by atoms with E-state index in [2.05, 4.69) is 47.0 Å². The molecule has 0 aromatic heterocycles. The average Bonchev–Trinajstić information content (AvgIpc) is 2.35. The Labute approximate surface area is 105 Å². The molecule has 0 unspecified atom stereocenters. The van der Waals surface area contributed by atoms with Gasteiger partial charge in [0.15, 0.2) is 0 Å². The number of hydrogen-bond acceptors (Lipinski definition) is 2. The molecule has 1 nitrogen and oxygen atoms in total. The number of benzene rings is 2. The van der Waals surface area contributed by atoms with Crippen molar-refractivity contribution in [1.29, 1.82) is 0 Å². The van der Waals surface area contributed by atoms with E-state index >= 15 is 0 Å². The molecule has 2 rings (SSSR count). The van der Waals surface area contributed by atoms with Crippen molar-refractivity contribution in [2.24, 2.45) is 4.51 Å². The SMILES string of the molecule is CC(=NCl)SCc1cccc2ccccc12. The van der Waals surface area contributed by atoms with Crippen molar-refractivity contribution in [3.63, 3.8) is 0 Å². The Morgan fingerprint density at radius 1 is 1.19 bits per heavy atom. The second-order valence-corrected chi connectivity index (χ2v) is 4.87. The van der Waals surface area contributed by atoms with Gasteiger partial charge in [0, 0.05) is 17.5 Å². The van der Waals surface area contributed by atoms with Crippen LogP contribution in [0.1, 0.15) is 12.5 Å². The van der Waals surface area contributed by atoms with Gasteiger partial charge in [0.05, 0.1) is 5.04 Å². The van der Waals surface area contributed by atoms with Crippen LogP contribution in [0.4, 0.5) is 0 Å². The summed E-state index contributed by atoms with van der Waals surface area (Å²) in [6, 6.07) is 14.8. The number of rotatable bonds is 2. The minimum absolute atomic E-state index is 0.898. The van der Waals surface area contributed by atoms with E-state index in [1.54, 1.807) is 11.8 Å². The zero-order valence-corrected chi connectivity index (χ0v) is 10.6. The topological polar surface area (TPSA) is 12.4 Å². The van der Waals surface area contributed by atoms with Gasteiger partial charge in [-0.25, -0.2) is 0 Å². The predicted molar refractivity (Wildman–Crippen MR) is 74.2 cm³/mol. The molecule has 0 amide bonds. The third-order valence-electron chi connectivity index (χ3n) is 2.44. The lowest BCUT2D eigenvalue weighted by Gasteiger charge is -2.05. The fourth-order valence-electron chi connectivity index (χ4n) is 1.62. The number of fused-ring (bicyclic) bond motifs is 1. The maximum Gasteiger partial charge on any atom is 0.0851 e. The second kappa shape index (κ2) is 5.37. The molecule has 0 saturated heterocycles. The van der Waals surface area contributed by atoms with Crippen LogP contribution in [0, 0.1) is 0 Å². The van der Waals surface area contributed by atoms with Crippen LogP contribution >= 0.6 is 23.5 Å². The quantitative estimate of drug-likeness (QED) is 0.558. The number of nitrogens with zero attached hydrogens (tertiary/aromatic N) is 1. The van der Waals surface area contributed by atoms with Crippen LogP contribution in [0.5, 0.6) is 0 Å². The molecule has 0 saturated carbocycles. The molecule has 0 aliphatic heterocycles. The standard InChI is InChI=1S/C13H12ClNS/c1-10(15-14)16-9-12-7-4-6-11-5-2-3-8-13(11)12/h2-8H,9H2,1H3. The monoisotopic (exact) mass is 249 g/mol. The zero-order valence-electron chi connectivity index (χ0n) is 8.98. The summed E-state index contributed by atoms with van der Waals surface area (Å²) in [7, 11) is 0. The summed E-state index contributed by atoms with van der Waals surface area (Å²) in [5.41, 5.74) is 1.32. The highest BCUT2D eigenvalue weighted by molar-refractivity contribution is 8.13. The van der Waals surface area contributed by atoms with Gasteiger partial charge in [-0.15, -0.1) is 11.8 Å². The van der Waals surface area contributed by atoms with Gasteiger partial charge in [0.1, 0.15) is 0 Å². The van der Waals surface area contributed by atoms with Crippen molar-refractivity contribution in [1.82, 2.24) is 0 Å². The largest absolute Gasteiger partial charge is 0.176 e. The van der Waals surface area contributed by atoms with Crippen LogP contribution in [0.25, 0.3) is 10.8 Å². The first kappa shape index (κ1) is 11.5. The number of halogens is 1. The second-order valence-electron chi connectivity index (χ2n) is 3.53. The molecule has 0 fully saturated rings. The normalized spacial score (nSPS) is 12.0. The zero-order chi connectivity index (χ0) is 11.4. The molecule has 3 heteroatoms. The van der Waals surface area contributed by atoms with E-state index in [9.17, 15) is 0 Å². The highest BCUT2D eigenvalue weighted by Gasteiger charge is 2.01. The van der Waals surface area contributed by atoms with Gasteiger partial charge in [-0.05, 0) is 23.3 Å². The molecular weight excluding hydrogens is 238 g/mol. The van der Waals surface area contributed by atoms with Crippen LogP contribution in [-0.4, -0.2) is 5.04 Å². The Bertz CT molecular complexity index is 517. The average molecular weight is 250 g/mol. The summed E-state index contributed by atoms with van der Waals surface area (Å²) >= 11 is 7.07. The van der Waals surface area contributed by atoms with Crippen molar-refractivity contribution in [3.8, 4) is 0 Å². The number of hydrogen-bond donors (Lipinski definition) is 0. The van der Waals surface area contributed by atoms with E-state index in [0.29, 0.717) is 0 Å². The van der Waals surface area contributed by atoms with Gasteiger partial charge in [-0.1, -0.05) is 42.5 Å².